The Morgan fingerprint density at radius 1 is 1.31 bits per heavy atom. The lowest BCUT2D eigenvalue weighted by Gasteiger charge is -2.28. The summed E-state index contributed by atoms with van der Waals surface area (Å²) >= 11 is 6.23. The average Bonchev–Trinajstić information content (AvgIpc) is 2.63. The van der Waals surface area contributed by atoms with Gasteiger partial charge >= 0.3 is 0 Å². The van der Waals surface area contributed by atoms with Crippen molar-refractivity contribution in [3.05, 3.63) is 34.9 Å². The summed E-state index contributed by atoms with van der Waals surface area (Å²) in [5.41, 5.74) is 7.18. The van der Waals surface area contributed by atoms with Crippen molar-refractivity contribution < 1.29 is 9.90 Å². The van der Waals surface area contributed by atoms with Crippen molar-refractivity contribution in [1.82, 2.24) is 5.32 Å². The van der Waals surface area contributed by atoms with Gasteiger partial charge in [0, 0.05) is 24.0 Å². The molecular weight excluding hydrogens is 371 g/mol. The number of hydrogen-bond donors (Lipinski definition) is 3. The summed E-state index contributed by atoms with van der Waals surface area (Å²) in [5.74, 6) is 0.196. The molecule has 3 atom stereocenters. The molecule has 1 amide bonds. The van der Waals surface area contributed by atoms with Gasteiger partial charge in [-0.05, 0) is 36.8 Å². The van der Waals surface area contributed by atoms with Gasteiger partial charge in [-0.2, -0.15) is 0 Å². The Labute approximate surface area is 168 Å². The van der Waals surface area contributed by atoms with Crippen LogP contribution in [0.1, 0.15) is 50.5 Å². The van der Waals surface area contributed by atoms with Crippen LogP contribution < -0.4 is 11.1 Å². The van der Waals surface area contributed by atoms with Crippen LogP contribution in [0.25, 0.3) is 0 Å². The number of halogens is 2. The lowest BCUT2D eigenvalue weighted by atomic mass is 9.82. The van der Waals surface area contributed by atoms with Crippen molar-refractivity contribution in [3.63, 3.8) is 0 Å². The van der Waals surface area contributed by atoms with Gasteiger partial charge in [0.05, 0.1) is 6.10 Å². The van der Waals surface area contributed by atoms with Crippen molar-refractivity contribution >= 4 is 29.9 Å². The van der Waals surface area contributed by atoms with Crippen LogP contribution in [-0.4, -0.2) is 30.2 Å². The smallest absolute Gasteiger partial charge is 0.223 e. The number of aliphatic hydroxyl groups is 1. The van der Waals surface area contributed by atoms with E-state index >= 15 is 0 Å². The molecule has 0 aromatic heterocycles. The minimum atomic E-state index is -0.674. The van der Waals surface area contributed by atoms with Gasteiger partial charge in [-0.1, -0.05) is 61.9 Å². The van der Waals surface area contributed by atoms with Crippen LogP contribution in [-0.2, 0) is 11.2 Å². The molecule has 1 aliphatic carbocycles. The van der Waals surface area contributed by atoms with Crippen LogP contribution in [0.2, 0.25) is 5.02 Å². The Bertz CT molecular complexity index is 550. The number of carbonyl (C=O) groups excluding carboxylic acids is 1. The second-order valence-electron chi connectivity index (χ2n) is 7.31. The molecule has 0 saturated heterocycles. The van der Waals surface area contributed by atoms with E-state index in [0.29, 0.717) is 23.8 Å². The molecule has 148 valence electrons. The van der Waals surface area contributed by atoms with Gasteiger partial charge in [0.15, 0.2) is 0 Å². The van der Waals surface area contributed by atoms with Crippen LogP contribution in [0.15, 0.2) is 24.3 Å². The first-order valence-electron chi connectivity index (χ1n) is 9.40. The molecule has 6 heteroatoms. The third kappa shape index (κ3) is 7.07. The zero-order valence-electron chi connectivity index (χ0n) is 15.5. The molecule has 1 fully saturated rings. The molecular formula is C20H32Cl2N2O2. The van der Waals surface area contributed by atoms with Gasteiger partial charge in [-0.3, -0.25) is 4.79 Å². The SMILES string of the molecule is CNC(=O)[C@H](Cc1ccccc1Cl)C[C@H](O)[C@@H](N)CC1CCCCC1.Cl. The lowest BCUT2D eigenvalue weighted by Crippen LogP contribution is -2.41. The van der Waals surface area contributed by atoms with Crippen molar-refractivity contribution in [3.8, 4) is 0 Å². The lowest BCUT2D eigenvalue weighted by molar-refractivity contribution is -0.125. The fourth-order valence-electron chi connectivity index (χ4n) is 3.85. The summed E-state index contributed by atoms with van der Waals surface area (Å²) in [4.78, 5) is 12.3. The maximum absolute atomic E-state index is 12.3. The quantitative estimate of drug-likeness (QED) is 0.619. The topological polar surface area (TPSA) is 75.3 Å². The molecule has 0 aliphatic heterocycles. The predicted octanol–water partition coefficient (Wildman–Crippen LogP) is 3.72. The average molecular weight is 403 g/mol. The summed E-state index contributed by atoms with van der Waals surface area (Å²) in [6.45, 7) is 0. The molecule has 0 spiro atoms. The summed E-state index contributed by atoms with van der Waals surface area (Å²) in [5, 5.41) is 13.9. The summed E-state index contributed by atoms with van der Waals surface area (Å²) < 4.78 is 0. The molecule has 2 rings (SSSR count). The van der Waals surface area contributed by atoms with E-state index in [1.54, 1.807) is 7.05 Å². The number of rotatable bonds is 8. The van der Waals surface area contributed by atoms with Crippen LogP contribution >= 0.6 is 24.0 Å². The van der Waals surface area contributed by atoms with Gasteiger partial charge in [-0.15, -0.1) is 12.4 Å². The second kappa shape index (κ2) is 11.8. The predicted molar refractivity (Wildman–Crippen MR) is 110 cm³/mol. The molecule has 26 heavy (non-hydrogen) atoms. The largest absolute Gasteiger partial charge is 0.391 e. The zero-order valence-corrected chi connectivity index (χ0v) is 17.1. The number of nitrogens with two attached hydrogens (primary N) is 1. The van der Waals surface area contributed by atoms with Gasteiger partial charge in [0.25, 0.3) is 0 Å². The minimum absolute atomic E-state index is 0. The highest BCUT2D eigenvalue weighted by Gasteiger charge is 2.27. The van der Waals surface area contributed by atoms with Gasteiger partial charge in [0.2, 0.25) is 5.91 Å². The Balaban J connectivity index is 0.00000338. The first-order valence-corrected chi connectivity index (χ1v) is 9.77. The Morgan fingerprint density at radius 2 is 1.96 bits per heavy atom. The molecule has 0 unspecified atom stereocenters. The highest BCUT2D eigenvalue weighted by Crippen LogP contribution is 2.29. The van der Waals surface area contributed by atoms with Crippen molar-refractivity contribution in [2.75, 3.05) is 7.05 Å². The molecule has 1 aliphatic rings. The maximum atomic E-state index is 12.3. The van der Waals surface area contributed by atoms with Crippen molar-refractivity contribution in [2.45, 2.75) is 63.5 Å². The number of carbonyl (C=O) groups is 1. The van der Waals surface area contributed by atoms with E-state index in [1.165, 1.54) is 32.1 Å². The fourth-order valence-corrected chi connectivity index (χ4v) is 4.06. The van der Waals surface area contributed by atoms with E-state index in [2.05, 4.69) is 5.32 Å². The zero-order chi connectivity index (χ0) is 18.2. The van der Waals surface area contributed by atoms with Crippen LogP contribution in [0, 0.1) is 11.8 Å². The number of aliphatic hydroxyl groups excluding tert-OH is 1. The third-order valence-electron chi connectivity index (χ3n) is 5.39. The monoisotopic (exact) mass is 402 g/mol. The molecule has 0 bridgehead atoms. The van der Waals surface area contributed by atoms with Gasteiger partial charge in [0.1, 0.15) is 0 Å². The second-order valence-corrected chi connectivity index (χ2v) is 7.72. The molecule has 0 heterocycles. The van der Waals surface area contributed by atoms with E-state index in [4.69, 9.17) is 17.3 Å². The minimum Gasteiger partial charge on any atom is -0.391 e. The number of hydrogen-bond acceptors (Lipinski definition) is 3. The number of nitrogens with one attached hydrogen (secondary N) is 1. The molecule has 1 aromatic carbocycles. The van der Waals surface area contributed by atoms with Crippen molar-refractivity contribution in [1.29, 1.82) is 0 Å². The van der Waals surface area contributed by atoms with Crippen molar-refractivity contribution in [2.24, 2.45) is 17.6 Å². The molecule has 4 nitrogen and oxygen atoms in total. The van der Waals surface area contributed by atoms with E-state index in [9.17, 15) is 9.90 Å². The summed E-state index contributed by atoms with van der Waals surface area (Å²) in [6, 6.07) is 7.25. The summed E-state index contributed by atoms with van der Waals surface area (Å²) in [7, 11) is 1.62. The first kappa shape index (κ1) is 23.2. The molecule has 1 saturated carbocycles. The molecule has 0 radical (unpaired) electrons. The Hall–Kier alpha value is -0.810. The van der Waals surface area contributed by atoms with Gasteiger partial charge in [-0.25, -0.2) is 0 Å². The molecule has 4 N–H and O–H groups in total. The highest BCUT2D eigenvalue weighted by atomic mass is 35.5. The van der Waals surface area contributed by atoms with E-state index in [0.717, 1.165) is 12.0 Å². The van der Waals surface area contributed by atoms with Crippen LogP contribution in [0.3, 0.4) is 0 Å². The maximum Gasteiger partial charge on any atom is 0.223 e. The van der Waals surface area contributed by atoms with Crippen LogP contribution in [0.4, 0.5) is 0 Å². The fraction of sp³-hybridized carbons (Fsp3) is 0.650. The van der Waals surface area contributed by atoms with E-state index in [-0.39, 0.29) is 30.3 Å². The molecule has 1 aromatic rings. The number of benzene rings is 1. The summed E-state index contributed by atoms with van der Waals surface area (Å²) in [6.07, 6.45) is 7.29. The third-order valence-corrected chi connectivity index (χ3v) is 5.76. The van der Waals surface area contributed by atoms with Crippen LogP contribution in [0.5, 0.6) is 0 Å². The standard InChI is InChI=1S/C20H31ClN2O2.ClH/c1-23-20(25)16(12-15-9-5-6-10-17(15)21)13-19(24)18(22)11-14-7-3-2-4-8-14;/h5-6,9-10,14,16,18-19,24H,2-4,7-8,11-13,22H2,1H3,(H,23,25);1H/t16-,18+,19+;/m1./s1. The van der Waals surface area contributed by atoms with E-state index in [1.807, 2.05) is 24.3 Å². The number of amides is 1. The Kier molecular flexibility index (Phi) is 10.6. The van der Waals surface area contributed by atoms with Gasteiger partial charge < -0.3 is 16.2 Å². The van der Waals surface area contributed by atoms with E-state index < -0.39 is 6.10 Å². The Morgan fingerprint density at radius 3 is 2.58 bits per heavy atom. The highest BCUT2D eigenvalue weighted by molar-refractivity contribution is 6.31. The first-order chi connectivity index (χ1) is 12.0. The normalized spacial score (nSPS) is 18.5.